The summed E-state index contributed by atoms with van der Waals surface area (Å²) in [5.74, 6) is 0. The van der Waals surface area contributed by atoms with E-state index in [0.717, 1.165) is 50.2 Å². The monoisotopic (exact) mass is 371 g/mol. The summed E-state index contributed by atoms with van der Waals surface area (Å²) in [5, 5.41) is 4.32. The Labute approximate surface area is 159 Å². The van der Waals surface area contributed by atoms with Crippen molar-refractivity contribution in [2.75, 3.05) is 39.4 Å². The fraction of sp³-hybridized carbons (Fsp3) is 0.474. The quantitative estimate of drug-likeness (QED) is 0.808. The number of hydrogen-bond donors (Lipinski definition) is 1. The predicted octanol–water partition coefficient (Wildman–Crippen LogP) is 1.72. The van der Waals surface area contributed by atoms with Crippen molar-refractivity contribution < 1.29 is 4.74 Å². The largest absolute Gasteiger partial charge is 0.379 e. The molecule has 7 heteroatoms. The van der Waals surface area contributed by atoms with E-state index in [-0.39, 0.29) is 12.1 Å². The summed E-state index contributed by atoms with van der Waals surface area (Å²) in [6, 6.07) is 8.45. The van der Waals surface area contributed by atoms with Gasteiger partial charge in [0.25, 0.3) is 0 Å². The van der Waals surface area contributed by atoms with E-state index in [1.165, 1.54) is 5.56 Å². The summed E-state index contributed by atoms with van der Waals surface area (Å²) < 4.78 is 7.55. The van der Waals surface area contributed by atoms with Crippen LogP contribution in [0.3, 0.4) is 0 Å². The average molecular weight is 372 g/mol. The topological polar surface area (TPSA) is 45.6 Å². The summed E-state index contributed by atoms with van der Waals surface area (Å²) in [6.07, 6.45) is 6.11. The van der Waals surface area contributed by atoms with E-state index in [9.17, 15) is 0 Å². The maximum absolute atomic E-state index is 5.71. The van der Waals surface area contributed by atoms with Crippen LogP contribution < -0.4 is 5.32 Å². The molecule has 26 heavy (non-hydrogen) atoms. The number of ether oxygens (including phenoxy) is 1. The summed E-state index contributed by atoms with van der Waals surface area (Å²) >= 11 is 5.71. The van der Waals surface area contributed by atoms with Gasteiger partial charge in [-0.15, -0.1) is 0 Å². The fourth-order valence-corrected chi connectivity index (χ4v) is 4.12. The molecule has 2 atom stereocenters. The van der Waals surface area contributed by atoms with E-state index >= 15 is 0 Å². The zero-order chi connectivity index (χ0) is 17.9. The number of pyridine rings is 1. The molecule has 2 aliphatic heterocycles. The molecule has 4 rings (SSSR count). The molecule has 138 valence electrons. The van der Waals surface area contributed by atoms with Crippen LogP contribution in [0.5, 0.6) is 0 Å². The Morgan fingerprint density at radius 1 is 1.23 bits per heavy atom. The number of morpholine rings is 1. The van der Waals surface area contributed by atoms with E-state index in [1.807, 2.05) is 18.3 Å². The minimum absolute atomic E-state index is 0.0655. The second-order valence-electron chi connectivity index (χ2n) is 6.88. The van der Waals surface area contributed by atoms with Crippen LogP contribution >= 0.6 is 12.2 Å². The van der Waals surface area contributed by atoms with E-state index in [4.69, 9.17) is 17.0 Å². The summed E-state index contributed by atoms with van der Waals surface area (Å²) in [6.45, 7) is 5.52. The summed E-state index contributed by atoms with van der Waals surface area (Å²) in [7, 11) is 2.05. The number of nitrogens with one attached hydrogen (secondary N) is 1. The van der Waals surface area contributed by atoms with Crippen molar-refractivity contribution in [1.82, 2.24) is 24.7 Å². The van der Waals surface area contributed by atoms with Gasteiger partial charge in [-0.3, -0.25) is 9.88 Å². The second-order valence-corrected chi connectivity index (χ2v) is 7.27. The standard InChI is InChI=1S/C19H25N5OS/c1-22-7-5-15(14-22)18-17(16-4-2-3-6-20-16)21-19(26)24(18)9-8-23-10-12-25-13-11-23/h2-7,14,17-18H,8-13H2,1H3,(H,21,26)/t17-,18-/m0/s1. The van der Waals surface area contributed by atoms with Crippen LogP contribution in [0, 0.1) is 0 Å². The van der Waals surface area contributed by atoms with E-state index < -0.39 is 0 Å². The maximum atomic E-state index is 5.71. The molecule has 0 unspecified atom stereocenters. The van der Waals surface area contributed by atoms with Crippen molar-refractivity contribution >= 4 is 17.3 Å². The molecular formula is C19H25N5OS. The number of nitrogens with zero attached hydrogens (tertiary/aromatic N) is 4. The molecule has 0 bridgehead atoms. The number of hydrogen-bond acceptors (Lipinski definition) is 4. The Kier molecular flexibility index (Phi) is 5.19. The van der Waals surface area contributed by atoms with Gasteiger partial charge in [-0.05, 0) is 36.0 Å². The van der Waals surface area contributed by atoms with Crippen molar-refractivity contribution in [3.05, 3.63) is 54.1 Å². The number of aromatic nitrogens is 2. The van der Waals surface area contributed by atoms with Crippen LogP contribution in [-0.4, -0.2) is 63.9 Å². The van der Waals surface area contributed by atoms with E-state index in [0.29, 0.717) is 0 Å². The lowest BCUT2D eigenvalue weighted by atomic mass is 9.99. The molecule has 0 aliphatic carbocycles. The number of rotatable bonds is 5. The highest BCUT2D eigenvalue weighted by molar-refractivity contribution is 7.80. The second kappa shape index (κ2) is 7.73. The molecule has 2 fully saturated rings. The molecule has 0 amide bonds. The molecule has 2 aliphatic rings. The third-order valence-corrected chi connectivity index (χ3v) is 5.51. The van der Waals surface area contributed by atoms with Crippen LogP contribution in [0.25, 0.3) is 0 Å². The normalized spacial score (nSPS) is 24.0. The highest BCUT2D eigenvalue weighted by Crippen LogP contribution is 2.38. The van der Waals surface area contributed by atoms with Gasteiger partial charge in [0.2, 0.25) is 0 Å². The first-order valence-corrected chi connectivity index (χ1v) is 9.53. The van der Waals surface area contributed by atoms with Crippen molar-refractivity contribution in [3.8, 4) is 0 Å². The highest BCUT2D eigenvalue weighted by atomic mass is 32.1. The summed E-state index contributed by atoms with van der Waals surface area (Å²) in [5.41, 5.74) is 2.29. The Hall–Kier alpha value is -1.96. The summed E-state index contributed by atoms with van der Waals surface area (Å²) in [4.78, 5) is 9.35. The van der Waals surface area contributed by atoms with Gasteiger partial charge in [0.1, 0.15) is 0 Å². The zero-order valence-electron chi connectivity index (χ0n) is 15.0. The predicted molar refractivity (Wildman–Crippen MR) is 105 cm³/mol. The third kappa shape index (κ3) is 3.60. The van der Waals surface area contributed by atoms with Crippen molar-refractivity contribution in [3.63, 3.8) is 0 Å². The van der Waals surface area contributed by atoms with Crippen LogP contribution in [0.15, 0.2) is 42.9 Å². The van der Waals surface area contributed by atoms with Gasteiger partial charge in [0.05, 0.1) is 31.0 Å². The molecule has 2 aromatic heterocycles. The molecular weight excluding hydrogens is 346 g/mol. The first kappa shape index (κ1) is 17.5. The van der Waals surface area contributed by atoms with Crippen LogP contribution in [0.2, 0.25) is 0 Å². The lowest BCUT2D eigenvalue weighted by Gasteiger charge is -2.31. The van der Waals surface area contributed by atoms with Gasteiger partial charge in [-0.25, -0.2) is 0 Å². The lowest BCUT2D eigenvalue weighted by molar-refractivity contribution is 0.0350. The van der Waals surface area contributed by atoms with E-state index in [1.54, 1.807) is 0 Å². The Balaban J connectivity index is 1.57. The highest BCUT2D eigenvalue weighted by Gasteiger charge is 2.39. The Bertz CT molecular complexity index is 743. The molecule has 2 saturated heterocycles. The molecule has 4 heterocycles. The third-order valence-electron chi connectivity index (χ3n) is 5.15. The first-order chi connectivity index (χ1) is 12.7. The Morgan fingerprint density at radius 3 is 2.77 bits per heavy atom. The van der Waals surface area contributed by atoms with Gasteiger partial charge in [0.15, 0.2) is 5.11 Å². The molecule has 0 saturated carbocycles. The van der Waals surface area contributed by atoms with Gasteiger partial charge in [-0.1, -0.05) is 6.07 Å². The minimum Gasteiger partial charge on any atom is -0.379 e. The zero-order valence-corrected chi connectivity index (χ0v) is 15.9. The van der Waals surface area contributed by atoms with Crippen molar-refractivity contribution in [2.45, 2.75) is 12.1 Å². The molecule has 6 nitrogen and oxygen atoms in total. The minimum atomic E-state index is 0.0655. The fourth-order valence-electron chi connectivity index (χ4n) is 3.78. The smallest absolute Gasteiger partial charge is 0.170 e. The molecule has 0 radical (unpaired) electrons. The Morgan fingerprint density at radius 2 is 2.08 bits per heavy atom. The van der Waals surface area contributed by atoms with Crippen molar-refractivity contribution in [2.24, 2.45) is 7.05 Å². The number of thiocarbonyl (C=S) groups is 1. The van der Waals surface area contributed by atoms with Gasteiger partial charge < -0.3 is 19.5 Å². The number of aryl methyl sites for hydroxylation is 1. The molecule has 2 aromatic rings. The van der Waals surface area contributed by atoms with Gasteiger partial charge in [-0.2, -0.15) is 0 Å². The SMILES string of the molecule is Cn1ccc([C@H]2[C@H](c3ccccn3)NC(=S)N2CCN2CCOCC2)c1. The molecule has 0 spiro atoms. The first-order valence-electron chi connectivity index (χ1n) is 9.12. The van der Waals surface area contributed by atoms with Crippen molar-refractivity contribution in [1.29, 1.82) is 0 Å². The van der Waals surface area contributed by atoms with Crippen LogP contribution in [0.1, 0.15) is 23.3 Å². The van der Waals surface area contributed by atoms with Gasteiger partial charge >= 0.3 is 0 Å². The molecule has 1 N–H and O–H groups in total. The maximum Gasteiger partial charge on any atom is 0.170 e. The average Bonchev–Trinajstić information content (AvgIpc) is 3.24. The lowest BCUT2D eigenvalue weighted by Crippen LogP contribution is -2.42. The van der Waals surface area contributed by atoms with E-state index in [2.05, 4.69) is 56.2 Å². The van der Waals surface area contributed by atoms with Gasteiger partial charge in [0, 0.05) is 51.8 Å². The van der Waals surface area contributed by atoms with Crippen LogP contribution in [0.4, 0.5) is 0 Å². The van der Waals surface area contributed by atoms with Crippen LogP contribution in [-0.2, 0) is 11.8 Å². The molecule has 0 aromatic carbocycles.